The zero-order valence-electron chi connectivity index (χ0n) is 12.4. The van der Waals surface area contributed by atoms with Crippen molar-refractivity contribution in [3.63, 3.8) is 0 Å². The Morgan fingerprint density at radius 2 is 1.87 bits per heavy atom. The van der Waals surface area contributed by atoms with Crippen molar-refractivity contribution in [3.8, 4) is 0 Å². The van der Waals surface area contributed by atoms with Gasteiger partial charge in [0.05, 0.1) is 0 Å². The molecule has 0 saturated carbocycles. The van der Waals surface area contributed by atoms with Gasteiger partial charge in [-0.15, -0.1) is 0 Å². The number of hydrogen-bond donors (Lipinski definition) is 2. The molecule has 5 nitrogen and oxygen atoms in total. The van der Waals surface area contributed by atoms with E-state index < -0.39 is 11.9 Å². The van der Waals surface area contributed by atoms with Crippen LogP contribution >= 0.6 is 0 Å². The first-order chi connectivity index (χ1) is 11.1. The summed E-state index contributed by atoms with van der Waals surface area (Å²) in [5.41, 5.74) is 6.83. The summed E-state index contributed by atoms with van der Waals surface area (Å²) in [6, 6.07) is 12.8. The van der Waals surface area contributed by atoms with Gasteiger partial charge in [0, 0.05) is 24.2 Å². The molecule has 0 aliphatic rings. The second-order valence-corrected chi connectivity index (χ2v) is 4.89. The molecule has 0 aliphatic carbocycles. The Labute approximate surface area is 133 Å². The molecule has 120 valence electrons. The summed E-state index contributed by atoms with van der Waals surface area (Å²) >= 11 is 0. The zero-order valence-corrected chi connectivity index (χ0v) is 12.4. The summed E-state index contributed by atoms with van der Waals surface area (Å²) in [5.74, 6) is -0.872. The van der Waals surface area contributed by atoms with Crippen LogP contribution in [0.15, 0.2) is 48.5 Å². The smallest absolute Gasteiger partial charge is 0.407 e. The van der Waals surface area contributed by atoms with E-state index in [4.69, 9.17) is 10.5 Å². The Morgan fingerprint density at radius 3 is 2.61 bits per heavy atom. The van der Waals surface area contributed by atoms with Gasteiger partial charge in [0.25, 0.3) is 0 Å². The molecular formula is C17H17FN2O3. The van der Waals surface area contributed by atoms with E-state index in [-0.39, 0.29) is 36.6 Å². The topological polar surface area (TPSA) is 81.4 Å². The summed E-state index contributed by atoms with van der Waals surface area (Å²) < 4.78 is 18.1. The number of ketones is 1. The monoisotopic (exact) mass is 316 g/mol. The first-order valence-electron chi connectivity index (χ1n) is 7.09. The highest BCUT2D eigenvalue weighted by atomic mass is 19.1. The van der Waals surface area contributed by atoms with Crippen molar-refractivity contribution in [2.75, 3.05) is 12.3 Å². The van der Waals surface area contributed by atoms with E-state index in [0.29, 0.717) is 0 Å². The molecule has 6 heteroatoms. The number of nitrogens with two attached hydrogens (primary N) is 1. The molecule has 0 aliphatic heterocycles. The van der Waals surface area contributed by atoms with Gasteiger partial charge >= 0.3 is 6.09 Å². The number of nitrogen functional groups attached to an aromatic ring is 1. The quantitative estimate of drug-likeness (QED) is 0.634. The lowest BCUT2D eigenvalue weighted by Gasteiger charge is -2.08. The molecule has 0 radical (unpaired) electrons. The van der Waals surface area contributed by atoms with Crippen LogP contribution in [-0.2, 0) is 11.3 Å². The average Bonchev–Trinajstić information content (AvgIpc) is 2.56. The van der Waals surface area contributed by atoms with E-state index in [1.807, 2.05) is 30.3 Å². The van der Waals surface area contributed by atoms with Crippen molar-refractivity contribution in [2.24, 2.45) is 0 Å². The molecular weight excluding hydrogens is 299 g/mol. The first-order valence-corrected chi connectivity index (χ1v) is 7.09. The van der Waals surface area contributed by atoms with E-state index in [1.54, 1.807) is 0 Å². The maximum Gasteiger partial charge on any atom is 0.407 e. The normalized spacial score (nSPS) is 10.1. The van der Waals surface area contributed by atoms with Crippen LogP contribution in [0, 0.1) is 5.82 Å². The van der Waals surface area contributed by atoms with Crippen LogP contribution in [-0.4, -0.2) is 18.4 Å². The maximum absolute atomic E-state index is 13.1. The van der Waals surface area contributed by atoms with Gasteiger partial charge in [-0.25, -0.2) is 9.18 Å². The van der Waals surface area contributed by atoms with Crippen molar-refractivity contribution < 1.29 is 18.7 Å². The van der Waals surface area contributed by atoms with E-state index in [9.17, 15) is 14.0 Å². The predicted molar refractivity (Wildman–Crippen MR) is 84.4 cm³/mol. The van der Waals surface area contributed by atoms with Crippen LogP contribution in [0.4, 0.5) is 14.9 Å². The van der Waals surface area contributed by atoms with Crippen LogP contribution in [0.25, 0.3) is 0 Å². The van der Waals surface area contributed by atoms with E-state index >= 15 is 0 Å². The molecule has 2 rings (SSSR count). The highest BCUT2D eigenvalue weighted by Crippen LogP contribution is 2.15. The second kappa shape index (κ2) is 7.93. The molecule has 0 bridgehead atoms. The highest BCUT2D eigenvalue weighted by molar-refractivity contribution is 6.00. The Bertz CT molecular complexity index is 689. The number of carbonyl (C=O) groups is 2. The lowest BCUT2D eigenvalue weighted by molar-refractivity contribution is 0.0981. The molecule has 1 amide bonds. The minimum absolute atomic E-state index is 0.00803. The standard InChI is InChI=1S/C17H17FN2O3/c18-13-6-7-15(19)14(10-13)16(21)8-9-20-17(22)23-11-12-4-2-1-3-5-12/h1-7,10H,8-9,11,19H2,(H,20,22). The number of amides is 1. The summed E-state index contributed by atoms with van der Waals surface area (Å²) in [7, 11) is 0. The zero-order chi connectivity index (χ0) is 16.7. The predicted octanol–water partition coefficient (Wildman–Crippen LogP) is 2.91. The van der Waals surface area contributed by atoms with E-state index in [1.165, 1.54) is 12.1 Å². The number of carbonyl (C=O) groups excluding carboxylic acids is 2. The third-order valence-corrected chi connectivity index (χ3v) is 3.15. The van der Waals surface area contributed by atoms with Gasteiger partial charge in [0.1, 0.15) is 12.4 Å². The van der Waals surface area contributed by atoms with Gasteiger partial charge in [-0.3, -0.25) is 4.79 Å². The summed E-state index contributed by atoms with van der Waals surface area (Å²) in [5, 5.41) is 2.47. The van der Waals surface area contributed by atoms with E-state index in [0.717, 1.165) is 11.6 Å². The molecule has 0 atom stereocenters. The average molecular weight is 316 g/mol. The maximum atomic E-state index is 13.1. The van der Waals surface area contributed by atoms with Crippen LogP contribution in [0.2, 0.25) is 0 Å². The fourth-order valence-electron chi connectivity index (χ4n) is 1.96. The fourth-order valence-corrected chi connectivity index (χ4v) is 1.96. The largest absolute Gasteiger partial charge is 0.445 e. The van der Waals surface area contributed by atoms with Crippen LogP contribution in [0.1, 0.15) is 22.3 Å². The number of ether oxygens (including phenoxy) is 1. The van der Waals surface area contributed by atoms with Gasteiger partial charge in [-0.05, 0) is 23.8 Å². The highest BCUT2D eigenvalue weighted by Gasteiger charge is 2.11. The van der Waals surface area contributed by atoms with Crippen LogP contribution < -0.4 is 11.1 Å². The van der Waals surface area contributed by atoms with Gasteiger partial charge in [-0.1, -0.05) is 30.3 Å². The minimum atomic E-state index is -0.617. The molecule has 23 heavy (non-hydrogen) atoms. The number of halogens is 1. The third kappa shape index (κ3) is 5.10. The molecule has 3 N–H and O–H groups in total. The third-order valence-electron chi connectivity index (χ3n) is 3.15. The van der Waals surface area contributed by atoms with Crippen molar-refractivity contribution >= 4 is 17.6 Å². The Balaban J connectivity index is 1.75. The van der Waals surface area contributed by atoms with Crippen LogP contribution in [0.3, 0.4) is 0 Å². The number of nitrogens with one attached hydrogen (secondary N) is 1. The molecule has 0 saturated heterocycles. The number of rotatable bonds is 6. The Hall–Kier alpha value is -2.89. The number of Topliss-reactive ketones (excluding diaryl/α,β-unsaturated/α-hetero) is 1. The molecule has 0 spiro atoms. The molecule has 2 aromatic rings. The van der Waals surface area contributed by atoms with Crippen molar-refractivity contribution in [1.29, 1.82) is 0 Å². The molecule has 2 aromatic carbocycles. The first kappa shape index (κ1) is 16.5. The van der Waals surface area contributed by atoms with E-state index in [2.05, 4.69) is 5.32 Å². The van der Waals surface area contributed by atoms with Gasteiger partial charge in [0.15, 0.2) is 5.78 Å². The summed E-state index contributed by atoms with van der Waals surface area (Å²) in [6.45, 7) is 0.236. The lowest BCUT2D eigenvalue weighted by Crippen LogP contribution is -2.26. The summed E-state index contributed by atoms with van der Waals surface area (Å²) in [4.78, 5) is 23.5. The molecule has 0 unspecified atom stereocenters. The number of hydrogen-bond acceptors (Lipinski definition) is 4. The Morgan fingerprint density at radius 1 is 1.13 bits per heavy atom. The molecule has 0 heterocycles. The van der Waals surface area contributed by atoms with Crippen molar-refractivity contribution in [3.05, 3.63) is 65.5 Å². The molecule has 0 fully saturated rings. The number of anilines is 1. The van der Waals surface area contributed by atoms with Crippen molar-refractivity contribution in [1.82, 2.24) is 5.32 Å². The van der Waals surface area contributed by atoms with Crippen molar-refractivity contribution in [2.45, 2.75) is 13.0 Å². The number of benzene rings is 2. The fraction of sp³-hybridized carbons (Fsp3) is 0.176. The minimum Gasteiger partial charge on any atom is -0.445 e. The second-order valence-electron chi connectivity index (χ2n) is 4.89. The lowest BCUT2D eigenvalue weighted by atomic mass is 10.1. The summed E-state index contributed by atoms with van der Waals surface area (Å²) in [6.07, 6.45) is -0.609. The van der Waals surface area contributed by atoms with Gasteiger partial charge in [-0.2, -0.15) is 0 Å². The van der Waals surface area contributed by atoms with Gasteiger partial charge in [0.2, 0.25) is 0 Å². The Kier molecular flexibility index (Phi) is 5.68. The number of alkyl carbamates (subject to hydrolysis) is 1. The van der Waals surface area contributed by atoms with Crippen LogP contribution in [0.5, 0.6) is 0 Å². The SMILES string of the molecule is Nc1ccc(F)cc1C(=O)CCNC(=O)OCc1ccccc1. The van der Waals surface area contributed by atoms with Gasteiger partial charge < -0.3 is 15.8 Å². The molecule has 0 aromatic heterocycles.